The number of carbonyl (C=O) groups is 1. The van der Waals surface area contributed by atoms with Gasteiger partial charge in [-0.15, -0.1) is 24.0 Å². The van der Waals surface area contributed by atoms with E-state index in [9.17, 15) is 4.79 Å². The maximum absolute atomic E-state index is 11.8. The second-order valence-electron chi connectivity index (χ2n) is 6.17. The maximum atomic E-state index is 11.8. The predicted molar refractivity (Wildman–Crippen MR) is 126 cm³/mol. The van der Waals surface area contributed by atoms with Gasteiger partial charge in [-0.25, -0.2) is 9.79 Å². The quantitative estimate of drug-likeness (QED) is 0.227. The van der Waals surface area contributed by atoms with Gasteiger partial charge in [0.1, 0.15) is 12.4 Å². The monoisotopic (exact) mass is 568 g/mol. The fraction of sp³-hybridized carbons (Fsp3) is 0.579. The van der Waals surface area contributed by atoms with Gasteiger partial charge in [-0.3, -0.25) is 0 Å². The van der Waals surface area contributed by atoms with Gasteiger partial charge < -0.3 is 25.0 Å². The molecule has 1 aromatic carbocycles. The smallest absolute Gasteiger partial charge is 0.409 e. The van der Waals surface area contributed by atoms with Crippen molar-refractivity contribution in [3.63, 3.8) is 0 Å². The average molecular weight is 569 g/mol. The second kappa shape index (κ2) is 13.9. The van der Waals surface area contributed by atoms with Gasteiger partial charge in [0.25, 0.3) is 0 Å². The molecule has 0 aromatic heterocycles. The molecule has 1 aliphatic rings. The summed E-state index contributed by atoms with van der Waals surface area (Å²) in [5.41, 5.74) is 0. The van der Waals surface area contributed by atoms with Crippen molar-refractivity contribution in [2.24, 2.45) is 4.99 Å². The van der Waals surface area contributed by atoms with Crippen molar-refractivity contribution < 1.29 is 14.3 Å². The van der Waals surface area contributed by atoms with E-state index in [4.69, 9.17) is 9.47 Å². The van der Waals surface area contributed by atoms with Crippen LogP contribution in [0.5, 0.6) is 5.75 Å². The lowest BCUT2D eigenvalue weighted by atomic mass is 10.1. The molecule has 1 aliphatic heterocycles. The van der Waals surface area contributed by atoms with Gasteiger partial charge in [0.2, 0.25) is 0 Å². The third-order valence-electron chi connectivity index (χ3n) is 4.13. The van der Waals surface area contributed by atoms with Crippen LogP contribution in [0.2, 0.25) is 0 Å². The number of halogens is 2. The van der Waals surface area contributed by atoms with Crippen molar-refractivity contribution in [3.8, 4) is 5.75 Å². The maximum Gasteiger partial charge on any atom is 0.409 e. The fourth-order valence-corrected chi connectivity index (χ4v) is 3.19. The number of piperidine rings is 1. The number of aliphatic imine (C=N–C) groups is 1. The molecule has 0 bridgehead atoms. The van der Waals surface area contributed by atoms with Crippen LogP contribution in [-0.4, -0.2) is 62.4 Å². The Morgan fingerprint density at radius 1 is 1.32 bits per heavy atom. The van der Waals surface area contributed by atoms with E-state index in [-0.39, 0.29) is 30.1 Å². The molecule has 158 valence electrons. The Balaban J connectivity index is 0.00000392. The molecule has 1 aromatic rings. The Hall–Kier alpha value is -1.23. The Bertz CT molecular complexity index is 625. The molecule has 0 unspecified atom stereocenters. The van der Waals surface area contributed by atoms with Crippen molar-refractivity contribution in [1.82, 2.24) is 15.5 Å². The van der Waals surface area contributed by atoms with Gasteiger partial charge in [-0.2, -0.15) is 0 Å². The van der Waals surface area contributed by atoms with E-state index < -0.39 is 0 Å². The van der Waals surface area contributed by atoms with Gasteiger partial charge in [-0.1, -0.05) is 22.0 Å². The summed E-state index contributed by atoms with van der Waals surface area (Å²) in [5.74, 6) is 1.61. The van der Waals surface area contributed by atoms with Crippen LogP contribution in [0, 0.1) is 0 Å². The highest BCUT2D eigenvalue weighted by Gasteiger charge is 2.23. The molecule has 28 heavy (non-hydrogen) atoms. The number of ether oxygens (including phenoxy) is 2. The fourth-order valence-electron chi connectivity index (χ4n) is 2.81. The zero-order chi connectivity index (χ0) is 19.5. The van der Waals surface area contributed by atoms with E-state index in [1.165, 1.54) is 0 Å². The third kappa shape index (κ3) is 8.85. The minimum absolute atomic E-state index is 0. The molecule has 0 aliphatic carbocycles. The molecular weight excluding hydrogens is 539 g/mol. The molecule has 0 radical (unpaired) electrons. The van der Waals surface area contributed by atoms with Crippen molar-refractivity contribution in [2.75, 3.05) is 39.4 Å². The first-order valence-corrected chi connectivity index (χ1v) is 10.3. The zero-order valence-electron chi connectivity index (χ0n) is 16.4. The molecule has 1 amide bonds. The number of nitrogens with zero attached hydrogens (tertiary/aromatic N) is 2. The highest BCUT2D eigenvalue weighted by atomic mass is 127. The van der Waals surface area contributed by atoms with E-state index >= 15 is 0 Å². The first-order chi connectivity index (χ1) is 13.1. The molecular formula is C19H30BrIN4O3. The highest BCUT2D eigenvalue weighted by molar-refractivity contribution is 14.0. The first-order valence-electron chi connectivity index (χ1n) is 9.47. The van der Waals surface area contributed by atoms with Crippen LogP contribution in [0.4, 0.5) is 4.79 Å². The molecule has 1 heterocycles. The van der Waals surface area contributed by atoms with Gasteiger partial charge in [-0.05, 0) is 44.9 Å². The van der Waals surface area contributed by atoms with Crippen molar-refractivity contribution in [1.29, 1.82) is 0 Å². The largest absolute Gasteiger partial charge is 0.492 e. The van der Waals surface area contributed by atoms with Crippen molar-refractivity contribution in [3.05, 3.63) is 28.7 Å². The standard InChI is InChI=1S/C19H29BrN4O3.HI/c1-3-21-18(22-10-13-27-17-7-5-6-15(20)14-17)23-16-8-11-24(12-9-16)19(25)26-4-2;/h5-7,14,16H,3-4,8-13H2,1-2H3,(H2,21,22,23);1H. The number of carbonyl (C=O) groups excluding carboxylic acids is 1. The number of nitrogens with one attached hydrogen (secondary N) is 2. The number of guanidine groups is 1. The van der Waals surface area contributed by atoms with E-state index in [0.29, 0.717) is 38.9 Å². The zero-order valence-corrected chi connectivity index (χ0v) is 20.4. The summed E-state index contributed by atoms with van der Waals surface area (Å²) in [5, 5.41) is 6.72. The number of amides is 1. The van der Waals surface area contributed by atoms with Crippen LogP contribution in [0.25, 0.3) is 0 Å². The highest BCUT2D eigenvalue weighted by Crippen LogP contribution is 2.17. The normalized spacial score (nSPS) is 14.8. The summed E-state index contributed by atoms with van der Waals surface area (Å²) < 4.78 is 11.8. The van der Waals surface area contributed by atoms with Gasteiger partial charge >= 0.3 is 6.09 Å². The number of likely N-dealkylation sites (tertiary alicyclic amines) is 1. The third-order valence-corrected chi connectivity index (χ3v) is 4.63. The van der Waals surface area contributed by atoms with Crippen molar-refractivity contribution >= 4 is 52.0 Å². The van der Waals surface area contributed by atoms with Crippen LogP contribution in [0.1, 0.15) is 26.7 Å². The van der Waals surface area contributed by atoms with Crippen LogP contribution >= 0.6 is 39.9 Å². The summed E-state index contributed by atoms with van der Waals surface area (Å²) in [4.78, 5) is 18.1. The van der Waals surface area contributed by atoms with Gasteiger partial charge in [0.15, 0.2) is 5.96 Å². The Kier molecular flexibility index (Phi) is 12.3. The number of hydrogen-bond acceptors (Lipinski definition) is 4. The van der Waals surface area contributed by atoms with Crippen molar-refractivity contribution in [2.45, 2.75) is 32.7 Å². The number of benzene rings is 1. The summed E-state index contributed by atoms with van der Waals surface area (Å²) in [6, 6.07) is 8.06. The predicted octanol–water partition coefficient (Wildman–Crippen LogP) is 3.62. The molecule has 1 saturated heterocycles. The van der Waals surface area contributed by atoms with E-state index in [2.05, 4.69) is 31.6 Å². The number of hydrogen-bond donors (Lipinski definition) is 2. The minimum Gasteiger partial charge on any atom is -0.492 e. The molecule has 7 nitrogen and oxygen atoms in total. The lowest BCUT2D eigenvalue weighted by molar-refractivity contribution is 0.0963. The van der Waals surface area contributed by atoms with E-state index in [0.717, 1.165) is 35.6 Å². The molecule has 9 heteroatoms. The molecule has 1 fully saturated rings. The van der Waals surface area contributed by atoms with Crippen LogP contribution in [0.3, 0.4) is 0 Å². The van der Waals surface area contributed by atoms with Crippen LogP contribution < -0.4 is 15.4 Å². The number of rotatable bonds is 7. The summed E-state index contributed by atoms with van der Waals surface area (Å²) in [6.07, 6.45) is 1.52. The van der Waals surface area contributed by atoms with E-state index in [1.807, 2.05) is 38.1 Å². The lowest BCUT2D eigenvalue weighted by Crippen LogP contribution is -2.50. The molecule has 0 atom stereocenters. The van der Waals surface area contributed by atoms with E-state index in [1.54, 1.807) is 4.90 Å². The lowest BCUT2D eigenvalue weighted by Gasteiger charge is -2.32. The Morgan fingerprint density at radius 3 is 2.71 bits per heavy atom. The Labute approximate surface area is 192 Å². The molecule has 0 spiro atoms. The topological polar surface area (TPSA) is 75.2 Å². The molecule has 2 N–H and O–H groups in total. The Morgan fingerprint density at radius 2 is 2.07 bits per heavy atom. The SMILES string of the molecule is CCNC(=NCCOc1cccc(Br)c1)NC1CCN(C(=O)OCC)CC1.I. The van der Waals surface area contributed by atoms with Crippen LogP contribution in [-0.2, 0) is 4.74 Å². The average Bonchev–Trinajstić information content (AvgIpc) is 2.66. The first kappa shape index (κ1) is 24.8. The van der Waals surface area contributed by atoms with Gasteiger partial charge in [0, 0.05) is 30.1 Å². The van der Waals surface area contributed by atoms with Crippen LogP contribution in [0.15, 0.2) is 33.7 Å². The molecule has 2 rings (SSSR count). The summed E-state index contributed by atoms with van der Waals surface area (Å²) in [7, 11) is 0. The summed E-state index contributed by atoms with van der Waals surface area (Å²) in [6.45, 7) is 7.53. The minimum atomic E-state index is -0.221. The molecule has 0 saturated carbocycles. The summed E-state index contributed by atoms with van der Waals surface area (Å²) >= 11 is 3.43. The van der Waals surface area contributed by atoms with Gasteiger partial charge in [0.05, 0.1) is 13.2 Å². The second-order valence-corrected chi connectivity index (χ2v) is 7.09.